The number of amides is 1. The van der Waals surface area contributed by atoms with Crippen LogP contribution in [0.5, 0.6) is 5.75 Å². The molecule has 1 aliphatic carbocycles. The predicted octanol–water partition coefficient (Wildman–Crippen LogP) is 3.72. The largest absolute Gasteiger partial charge is 0.495 e. The lowest BCUT2D eigenvalue weighted by Crippen LogP contribution is -2.28. The summed E-state index contributed by atoms with van der Waals surface area (Å²) in [6.07, 6.45) is 2.35. The minimum absolute atomic E-state index is 0.0239. The van der Waals surface area contributed by atoms with E-state index in [2.05, 4.69) is 4.72 Å². The van der Waals surface area contributed by atoms with Gasteiger partial charge in [0.2, 0.25) is 10.0 Å². The van der Waals surface area contributed by atoms with E-state index in [4.69, 9.17) is 9.15 Å². The molecule has 2 aromatic carbocycles. The molecule has 1 heterocycles. The fourth-order valence-corrected chi connectivity index (χ4v) is 5.14. The first kappa shape index (κ1) is 21.4. The third-order valence-electron chi connectivity index (χ3n) is 5.44. The number of rotatable bonds is 8. The highest BCUT2D eigenvalue weighted by Crippen LogP contribution is 2.30. The van der Waals surface area contributed by atoms with E-state index in [-0.39, 0.29) is 28.2 Å². The third kappa shape index (κ3) is 4.31. The lowest BCUT2D eigenvalue weighted by Gasteiger charge is -2.19. The summed E-state index contributed by atoms with van der Waals surface area (Å²) in [5, 5.41) is 0.977. The van der Waals surface area contributed by atoms with Crippen molar-refractivity contribution in [1.29, 1.82) is 0 Å². The second-order valence-electron chi connectivity index (χ2n) is 7.78. The van der Waals surface area contributed by atoms with Crippen LogP contribution in [0.3, 0.4) is 0 Å². The van der Waals surface area contributed by atoms with Crippen molar-refractivity contribution in [2.24, 2.45) is 0 Å². The minimum atomic E-state index is -3.77. The molecular formula is C23H26N2O5S. The Morgan fingerprint density at radius 1 is 1.23 bits per heavy atom. The van der Waals surface area contributed by atoms with Gasteiger partial charge in [-0.2, -0.15) is 0 Å². The van der Waals surface area contributed by atoms with Crippen LogP contribution in [-0.4, -0.2) is 39.4 Å². The summed E-state index contributed by atoms with van der Waals surface area (Å²) < 4.78 is 39.3. The zero-order chi connectivity index (χ0) is 22.2. The molecule has 1 fully saturated rings. The Morgan fingerprint density at radius 3 is 2.65 bits per heavy atom. The summed E-state index contributed by atoms with van der Waals surface area (Å²) in [6.45, 7) is 2.37. The topological polar surface area (TPSA) is 88.9 Å². The summed E-state index contributed by atoms with van der Waals surface area (Å²) in [7, 11) is -0.661. The molecular weight excluding hydrogens is 416 g/mol. The van der Waals surface area contributed by atoms with Crippen molar-refractivity contribution in [3.8, 4) is 5.75 Å². The van der Waals surface area contributed by atoms with Crippen LogP contribution in [0.25, 0.3) is 11.0 Å². The van der Waals surface area contributed by atoms with Gasteiger partial charge in [0.15, 0.2) is 0 Å². The van der Waals surface area contributed by atoms with Crippen LogP contribution < -0.4 is 9.46 Å². The Labute approximate surface area is 182 Å². The van der Waals surface area contributed by atoms with Crippen molar-refractivity contribution in [2.75, 3.05) is 14.2 Å². The van der Waals surface area contributed by atoms with E-state index in [0.29, 0.717) is 13.0 Å². The molecule has 0 radical (unpaired) electrons. The number of methoxy groups -OCH3 is 1. The molecule has 8 heteroatoms. The van der Waals surface area contributed by atoms with Crippen molar-refractivity contribution >= 4 is 26.9 Å². The molecule has 1 saturated carbocycles. The number of sulfonamides is 1. The summed E-state index contributed by atoms with van der Waals surface area (Å²) >= 11 is 0. The number of nitrogens with zero attached hydrogens (tertiary/aromatic N) is 1. The molecule has 1 aliphatic rings. The Bertz CT molecular complexity index is 1230. The first-order valence-corrected chi connectivity index (χ1v) is 11.8. The van der Waals surface area contributed by atoms with Crippen molar-refractivity contribution in [3.05, 3.63) is 59.4 Å². The van der Waals surface area contributed by atoms with Crippen LogP contribution >= 0.6 is 0 Å². The van der Waals surface area contributed by atoms with Crippen LogP contribution in [-0.2, 0) is 23.0 Å². The maximum atomic E-state index is 13.2. The van der Waals surface area contributed by atoms with Crippen LogP contribution in [0.2, 0.25) is 0 Å². The molecule has 0 bridgehead atoms. The van der Waals surface area contributed by atoms with Gasteiger partial charge in [0.05, 0.1) is 7.11 Å². The molecule has 164 valence electrons. The molecule has 1 N–H and O–H groups in total. The molecule has 0 unspecified atom stereocenters. The van der Waals surface area contributed by atoms with Gasteiger partial charge in [-0.1, -0.05) is 25.1 Å². The normalized spacial score (nSPS) is 14.0. The van der Waals surface area contributed by atoms with E-state index in [0.717, 1.165) is 35.1 Å². The van der Waals surface area contributed by atoms with Gasteiger partial charge in [-0.3, -0.25) is 4.79 Å². The molecule has 1 aromatic heterocycles. The van der Waals surface area contributed by atoms with Crippen molar-refractivity contribution < 1.29 is 22.4 Å². The average molecular weight is 443 g/mol. The summed E-state index contributed by atoms with van der Waals surface area (Å²) in [4.78, 5) is 14.7. The number of para-hydroxylation sites is 1. The quantitative estimate of drug-likeness (QED) is 0.574. The van der Waals surface area contributed by atoms with Gasteiger partial charge in [-0.15, -0.1) is 0 Å². The van der Waals surface area contributed by atoms with Gasteiger partial charge in [-0.25, -0.2) is 13.1 Å². The highest BCUT2D eigenvalue weighted by molar-refractivity contribution is 7.89. The van der Waals surface area contributed by atoms with Gasteiger partial charge >= 0.3 is 0 Å². The minimum Gasteiger partial charge on any atom is -0.495 e. The Hall–Kier alpha value is -2.84. The zero-order valence-electron chi connectivity index (χ0n) is 17.8. The second-order valence-corrected chi connectivity index (χ2v) is 9.46. The van der Waals surface area contributed by atoms with Crippen molar-refractivity contribution in [2.45, 2.75) is 43.7 Å². The molecule has 0 aliphatic heterocycles. The number of carbonyl (C=O) groups excluding carboxylic acids is 1. The van der Waals surface area contributed by atoms with E-state index in [1.807, 2.05) is 31.2 Å². The van der Waals surface area contributed by atoms with E-state index in [9.17, 15) is 13.2 Å². The SMILES string of the molecule is CCc1oc2ccccc2c1CN(C)C(=O)c1ccc(OC)c(S(=O)(=O)NC2CC2)c1. The first-order chi connectivity index (χ1) is 14.8. The summed E-state index contributed by atoms with van der Waals surface area (Å²) in [5.74, 6) is 0.770. The highest BCUT2D eigenvalue weighted by atomic mass is 32.2. The molecule has 4 rings (SSSR count). The summed E-state index contributed by atoms with van der Waals surface area (Å²) in [6, 6.07) is 12.2. The number of benzene rings is 2. The lowest BCUT2D eigenvalue weighted by molar-refractivity contribution is 0.0784. The van der Waals surface area contributed by atoms with E-state index >= 15 is 0 Å². The fraction of sp³-hybridized carbons (Fsp3) is 0.348. The Kier molecular flexibility index (Phi) is 5.77. The molecule has 0 spiro atoms. The summed E-state index contributed by atoms with van der Waals surface area (Å²) in [5.41, 5.74) is 2.04. The molecule has 31 heavy (non-hydrogen) atoms. The van der Waals surface area contributed by atoms with E-state index in [1.165, 1.54) is 19.2 Å². The zero-order valence-corrected chi connectivity index (χ0v) is 18.7. The number of furan rings is 1. The number of carbonyl (C=O) groups is 1. The van der Waals surface area contributed by atoms with Gasteiger partial charge in [0.1, 0.15) is 22.0 Å². The van der Waals surface area contributed by atoms with Crippen LogP contribution in [0, 0.1) is 0 Å². The van der Waals surface area contributed by atoms with Crippen LogP contribution in [0.15, 0.2) is 51.8 Å². The van der Waals surface area contributed by atoms with Gasteiger partial charge < -0.3 is 14.1 Å². The van der Waals surface area contributed by atoms with Gasteiger partial charge in [0.25, 0.3) is 5.91 Å². The number of fused-ring (bicyclic) bond motifs is 1. The fourth-order valence-electron chi connectivity index (χ4n) is 3.64. The number of nitrogens with one attached hydrogen (secondary N) is 1. The number of hydrogen-bond donors (Lipinski definition) is 1. The van der Waals surface area contributed by atoms with Crippen molar-refractivity contribution in [3.63, 3.8) is 0 Å². The molecule has 0 saturated heterocycles. The smallest absolute Gasteiger partial charge is 0.253 e. The van der Waals surface area contributed by atoms with E-state index in [1.54, 1.807) is 18.0 Å². The first-order valence-electron chi connectivity index (χ1n) is 10.3. The maximum absolute atomic E-state index is 13.2. The second kappa shape index (κ2) is 8.36. The predicted molar refractivity (Wildman–Crippen MR) is 118 cm³/mol. The third-order valence-corrected chi connectivity index (χ3v) is 6.99. The number of hydrogen-bond acceptors (Lipinski definition) is 5. The lowest BCUT2D eigenvalue weighted by atomic mass is 10.1. The van der Waals surface area contributed by atoms with E-state index < -0.39 is 10.0 Å². The monoisotopic (exact) mass is 442 g/mol. The van der Waals surface area contributed by atoms with Crippen molar-refractivity contribution in [1.82, 2.24) is 9.62 Å². The highest BCUT2D eigenvalue weighted by Gasteiger charge is 2.30. The molecule has 7 nitrogen and oxygen atoms in total. The molecule has 1 amide bonds. The maximum Gasteiger partial charge on any atom is 0.253 e. The average Bonchev–Trinajstić information content (AvgIpc) is 3.51. The standard InChI is InChI=1S/C23H26N2O5S/c1-4-19-18(17-7-5-6-8-20(17)30-19)14-25(2)23(26)15-9-12-21(29-3)22(13-15)31(27,28)24-16-10-11-16/h5-9,12-13,16,24H,4,10-11,14H2,1-3H3. The van der Waals surface area contributed by atoms with Crippen LogP contribution in [0.1, 0.15) is 41.4 Å². The molecule has 3 aromatic rings. The number of ether oxygens (including phenoxy) is 1. The Morgan fingerprint density at radius 2 is 1.97 bits per heavy atom. The van der Waals surface area contributed by atoms with Gasteiger partial charge in [0, 0.05) is 42.6 Å². The van der Waals surface area contributed by atoms with Gasteiger partial charge in [-0.05, 0) is 37.1 Å². The van der Waals surface area contributed by atoms with Crippen LogP contribution in [0.4, 0.5) is 0 Å². The Balaban J connectivity index is 1.63. The molecule has 0 atom stereocenters. The number of aryl methyl sites for hydroxylation is 1.